The third-order valence-electron chi connectivity index (χ3n) is 3.17. The summed E-state index contributed by atoms with van der Waals surface area (Å²) in [5.74, 6) is -2.73. The molecular weight excluding hydrogens is 325 g/mol. The molecule has 0 N–H and O–H groups in total. The van der Waals surface area contributed by atoms with Crippen molar-refractivity contribution < 1.29 is 19.1 Å². The van der Waals surface area contributed by atoms with Crippen molar-refractivity contribution >= 4 is 46.3 Å². The van der Waals surface area contributed by atoms with Gasteiger partial charge in [0.05, 0.1) is 16.9 Å². The lowest BCUT2D eigenvalue weighted by Gasteiger charge is -2.30. The molecule has 0 saturated carbocycles. The molecular formula is C15H13FNO3S2-. The number of hydrogen-bond donors (Lipinski definition) is 0. The average Bonchev–Trinajstić information content (AvgIpc) is 2.69. The molecule has 116 valence electrons. The van der Waals surface area contributed by atoms with Gasteiger partial charge in [-0.05, 0) is 18.1 Å². The number of carbonyl (C=O) groups is 2. The number of hydrogen-bond acceptors (Lipinski definition) is 5. The monoisotopic (exact) mass is 338 g/mol. The first-order valence-electron chi connectivity index (χ1n) is 6.55. The minimum atomic E-state index is -1.36. The average molecular weight is 338 g/mol. The molecule has 1 aliphatic rings. The Hall–Kier alpha value is -1.73. The van der Waals surface area contributed by atoms with Gasteiger partial charge >= 0.3 is 0 Å². The summed E-state index contributed by atoms with van der Waals surface area (Å²) in [6.45, 7) is 3.33. The number of carbonyl (C=O) groups excluding carboxylic acids is 2. The summed E-state index contributed by atoms with van der Waals surface area (Å²) in [5, 5.41) is 11.3. The molecule has 7 heteroatoms. The predicted molar refractivity (Wildman–Crippen MR) is 85.0 cm³/mol. The molecule has 1 saturated heterocycles. The van der Waals surface area contributed by atoms with Crippen LogP contribution in [-0.2, 0) is 9.59 Å². The SMILES string of the molecule is CC(C)[C@@H](C(=O)[O-])N1C(=O)/C(=C/c2ccccc2F)SC1=S. The summed E-state index contributed by atoms with van der Waals surface area (Å²) >= 11 is 6.06. The van der Waals surface area contributed by atoms with E-state index in [0.29, 0.717) is 0 Å². The number of nitrogens with zero attached hydrogens (tertiary/aromatic N) is 1. The Kier molecular flexibility index (Phi) is 4.97. The van der Waals surface area contributed by atoms with Gasteiger partial charge in [0.15, 0.2) is 0 Å². The van der Waals surface area contributed by atoms with Crippen LogP contribution in [0.2, 0.25) is 0 Å². The molecule has 1 fully saturated rings. The maximum absolute atomic E-state index is 13.7. The first-order valence-corrected chi connectivity index (χ1v) is 7.78. The highest BCUT2D eigenvalue weighted by Crippen LogP contribution is 2.35. The van der Waals surface area contributed by atoms with Gasteiger partial charge in [-0.2, -0.15) is 0 Å². The number of aliphatic carboxylic acids is 1. The van der Waals surface area contributed by atoms with Crippen LogP contribution < -0.4 is 5.11 Å². The Labute approximate surface area is 137 Å². The molecule has 1 aromatic carbocycles. The third-order valence-corrected chi connectivity index (χ3v) is 4.50. The van der Waals surface area contributed by atoms with E-state index in [-0.39, 0.29) is 20.7 Å². The Morgan fingerprint density at radius 1 is 1.41 bits per heavy atom. The second-order valence-electron chi connectivity index (χ2n) is 5.08. The number of benzene rings is 1. The molecule has 0 spiro atoms. The van der Waals surface area contributed by atoms with E-state index in [9.17, 15) is 19.1 Å². The van der Waals surface area contributed by atoms with Crippen molar-refractivity contribution in [1.82, 2.24) is 4.90 Å². The summed E-state index contributed by atoms with van der Waals surface area (Å²) in [6, 6.07) is 4.86. The third kappa shape index (κ3) is 3.20. The molecule has 0 bridgehead atoms. The van der Waals surface area contributed by atoms with Crippen molar-refractivity contribution in [2.75, 3.05) is 0 Å². The number of carboxylic acid groups (broad SMARTS) is 1. The Morgan fingerprint density at radius 3 is 2.59 bits per heavy atom. The second kappa shape index (κ2) is 6.58. The van der Waals surface area contributed by atoms with Crippen molar-refractivity contribution in [3.8, 4) is 0 Å². The molecule has 2 rings (SSSR count). The van der Waals surface area contributed by atoms with Crippen LogP contribution in [0.1, 0.15) is 19.4 Å². The van der Waals surface area contributed by atoms with Crippen LogP contribution in [0.5, 0.6) is 0 Å². The topological polar surface area (TPSA) is 60.4 Å². The molecule has 1 heterocycles. The fraction of sp³-hybridized carbons (Fsp3) is 0.267. The highest BCUT2D eigenvalue weighted by atomic mass is 32.2. The van der Waals surface area contributed by atoms with Gasteiger partial charge in [-0.15, -0.1) is 0 Å². The standard InChI is InChI=1S/C15H14FNO3S2/c1-8(2)12(14(19)20)17-13(18)11(22-15(17)21)7-9-5-3-4-6-10(9)16/h3-8,12H,1-2H3,(H,19,20)/p-1/b11-7-/t12-/m0/s1. The van der Waals surface area contributed by atoms with E-state index >= 15 is 0 Å². The maximum atomic E-state index is 13.7. The van der Waals surface area contributed by atoms with E-state index < -0.39 is 23.7 Å². The van der Waals surface area contributed by atoms with Gasteiger partial charge in [-0.3, -0.25) is 9.69 Å². The minimum absolute atomic E-state index is 0.135. The van der Waals surface area contributed by atoms with Crippen molar-refractivity contribution in [2.45, 2.75) is 19.9 Å². The smallest absolute Gasteiger partial charge is 0.266 e. The van der Waals surface area contributed by atoms with E-state index in [4.69, 9.17) is 12.2 Å². The summed E-state index contributed by atoms with van der Waals surface area (Å²) in [4.78, 5) is 24.9. The summed E-state index contributed by atoms with van der Waals surface area (Å²) in [5.41, 5.74) is 0.248. The molecule has 0 unspecified atom stereocenters. The van der Waals surface area contributed by atoms with E-state index in [1.807, 2.05) is 0 Å². The molecule has 1 aromatic rings. The van der Waals surface area contributed by atoms with Crippen LogP contribution in [0.25, 0.3) is 6.08 Å². The van der Waals surface area contributed by atoms with Crippen LogP contribution in [0.3, 0.4) is 0 Å². The second-order valence-corrected chi connectivity index (χ2v) is 6.76. The lowest BCUT2D eigenvalue weighted by Crippen LogP contribution is -2.52. The highest BCUT2D eigenvalue weighted by Gasteiger charge is 2.39. The number of thiocarbonyl (C=S) groups is 1. The normalized spacial score (nSPS) is 18.4. The van der Waals surface area contributed by atoms with Gasteiger partial charge in [0.1, 0.15) is 10.1 Å². The van der Waals surface area contributed by atoms with Gasteiger partial charge in [0.2, 0.25) is 0 Å². The highest BCUT2D eigenvalue weighted by molar-refractivity contribution is 8.26. The van der Waals surface area contributed by atoms with Crippen molar-refractivity contribution in [3.05, 3.63) is 40.6 Å². The van der Waals surface area contributed by atoms with Crippen LogP contribution >= 0.6 is 24.0 Å². The molecule has 1 amide bonds. The number of amides is 1. The van der Waals surface area contributed by atoms with Gasteiger partial charge in [0.25, 0.3) is 5.91 Å². The van der Waals surface area contributed by atoms with Crippen LogP contribution in [-0.4, -0.2) is 27.1 Å². The molecule has 1 atom stereocenters. The minimum Gasteiger partial charge on any atom is -0.548 e. The maximum Gasteiger partial charge on any atom is 0.266 e. The molecule has 0 aromatic heterocycles. The molecule has 22 heavy (non-hydrogen) atoms. The Bertz CT molecular complexity index is 673. The lowest BCUT2D eigenvalue weighted by molar-refractivity contribution is -0.311. The first-order chi connectivity index (χ1) is 10.3. The van der Waals surface area contributed by atoms with E-state index in [1.165, 1.54) is 18.2 Å². The van der Waals surface area contributed by atoms with Gasteiger partial charge in [-0.1, -0.05) is 56.0 Å². The van der Waals surface area contributed by atoms with E-state index in [0.717, 1.165) is 16.7 Å². The van der Waals surface area contributed by atoms with Gasteiger partial charge in [0, 0.05) is 5.56 Å². The quantitative estimate of drug-likeness (QED) is 0.619. The summed E-state index contributed by atoms with van der Waals surface area (Å²) in [7, 11) is 0. The van der Waals surface area contributed by atoms with E-state index in [1.54, 1.807) is 26.0 Å². The number of rotatable bonds is 4. The van der Waals surface area contributed by atoms with Gasteiger partial charge < -0.3 is 9.90 Å². The number of thioether (sulfide) groups is 1. The van der Waals surface area contributed by atoms with Crippen LogP contribution in [0.4, 0.5) is 4.39 Å². The number of carboxylic acids is 1. The molecule has 4 nitrogen and oxygen atoms in total. The van der Waals surface area contributed by atoms with E-state index in [2.05, 4.69) is 0 Å². The lowest BCUT2D eigenvalue weighted by atomic mass is 10.0. The Morgan fingerprint density at radius 2 is 2.05 bits per heavy atom. The first kappa shape index (κ1) is 16.6. The summed E-state index contributed by atoms with van der Waals surface area (Å²) < 4.78 is 13.8. The zero-order valence-electron chi connectivity index (χ0n) is 11.9. The largest absolute Gasteiger partial charge is 0.548 e. The van der Waals surface area contributed by atoms with Gasteiger partial charge in [-0.25, -0.2) is 4.39 Å². The predicted octanol–water partition coefficient (Wildman–Crippen LogP) is 1.80. The van der Waals surface area contributed by atoms with Crippen molar-refractivity contribution in [2.24, 2.45) is 5.92 Å². The molecule has 1 aliphatic heterocycles. The zero-order chi connectivity index (χ0) is 16.4. The zero-order valence-corrected chi connectivity index (χ0v) is 13.5. The van der Waals surface area contributed by atoms with Crippen molar-refractivity contribution in [1.29, 1.82) is 0 Å². The number of halogens is 1. The fourth-order valence-electron chi connectivity index (χ4n) is 2.13. The van der Waals surface area contributed by atoms with Crippen LogP contribution in [0, 0.1) is 11.7 Å². The van der Waals surface area contributed by atoms with Crippen molar-refractivity contribution in [3.63, 3.8) is 0 Å². The van der Waals surface area contributed by atoms with Crippen LogP contribution in [0.15, 0.2) is 29.2 Å². The summed E-state index contributed by atoms with van der Waals surface area (Å²) in [6.07, 6.45) is 1.38. The Balaban J connectivity index is 2.37. The molecule has 0 aliphatic carbocycles. The fourth-order valence-corrected chi connectivity index (χ4v) is 3.45. The molecule has 0 radical (unpaired) electrons.